The maximum atomic E-state index is 13.8. The second-order valence-corrected chi connectivity index (χ2v) is 8.00. The zero-order valence-corrected chi connectivity index (χ0v) is 18.2. The van der Waals surface area contributed by atoms with E-state index >= 15 is 0 Å². The number of fused-ring (bicyclic) bond motifs is 1. The van der Waals surface area contributed by atoms with E-state index in [2.05, 4.69) is 32.3 Å². The van der Waals surface area contributed by atoms with E-state index in [9.17, 15) is 9.18 Å². The molecule has 2 aromatic heterocycles. The number of hydrogen-bond donors (Lipinski definition) is 1. The fourth-order valence-corrected chi connectivity index (χ4v) is 4.21. The van der Waals surface area contributed by atoms with Gasteiger partial charge in [-0.3, -0.25) is 14.2 Å². The lowest BCUT2D eigenvalue weighted by atomic mass is 10.1. The van der Waals surface area contributed by atoms with Crippen molar-refractivity contribution >= 4 is 23.1 Å². The molecule has 1 aliphatic heterocycles. The molecule has 0 spiro atoms. The van der Waals surface area contributed by atoms with Gasteiger partial charge in [-0.2, -0.15) is 0 Å². The molecule has 1 saturated heterocycles. The summed E-state index contributed by atoms with van der Waals surface area (Å²) in [6, 6.07) is 16.6. The van der Waals surface area contributed by atoms with Crippen molar-refractivity contribution in [2.24, 2.45) is 0 Å². The molecule has 33 heavy (non-hydrogen) atoms. The highest BCUT2D eigenvalue weighted by molar-refractivity contribution is 5.79. The number of hydrogen-bond acceptors (Lipinski definition) is 5. The molecule has 0 bridgehead atoms. The molecule has 3 heterocycles. The standard InChI is InChI=1S/C25H25FN6O/c26-20-6-4-5-19(17-20)24-25(32-12-11-27-18-22(32)29-24)28-10-9-23(33)31-15-13-30(14-16-31)21-7-2-1-3-8-21/h1-8,11-12,17-18,28H,9-10,13-16H2. The van der Waals surface area contributed by atoms with Gasteiger partial charge in [0.15, 0.2) is 5.65 Å². The van der Waals surface area contributed by atoms with Gasteiger partial charge in [-0.25, -0.2) is 9.37 Å². The van der Waals surface area contributed by atoms with Crippen LogP contribution in [0.5, 0.6) is 0 Å². The maximum Gasteiger partial charge on any atom is 0.224 e. The van der Waals surface area contributed by atoms with Crippen LogP contribution in [0.1, 0.15) is 6.42 Å². The fourth-order valence-electron chi connectivity index (χ4n) is 4.21. The Labute approximate surface area is 191 Å². The minimum Gasteiger partial charge on any atom is -0.369 e. The van der Waals surface area contributed by atoms with Gasteiger partial charge in [0, 0.05) is 62.8 Å². The predicted octanol–water partition coefficient (Wildman–Crippen LogP) is 3.69. The Bertz CT molecular complexity index is 1250. The van der Waals surface area contributed by atoms with E-state index in [1.807, 2.05) is 33.6 Å². The van der Waals surface area contributed by atoms with E-state index in [1.165, 1.54) is 17.8 Å². The molecule has 7 nitrogen and oxygen atoms in total. The molecule has 5 rings (SSSR count). The number of halogens is 1. The van der Waals surface area contributed by atoms with Crippen LogP contribution in [-0.4, -0.2) is 57.9 Å². The summed E-state index contributed by atoms with van der Waals surface area (Å²) in [4.78, 5) is 25.8. The van der Waals surface area contributed by atoms with Gasteiger partial charge < -0.3 is 15.1 Å². The van der Waals surface area contributed by atoms with Crippen molar-refractivity contribution in [3.8, 4) is 11.3 Å². The van der Waals surface area contributed by atoms with Crippen LogP contribution in [0.25, 0.3) is 16.9 Å². The topological polar surface area (TPSA) is 65.8 Å². The monoisotopic (exact) mass is 444 g/mol. The maximum absolute atomic E-state index is 13.8. The molecule has 0 aliphatic carbocycles. The van der Waals surface area contributed by atoms with Crippen LogP contribution < -0.4 is 10.2 Å². The Hall–Kier alpha value is -3.94. The van der Waals surface area contributed by atoms with E-state index < -0.39 is 0 Å². The minimum atomic E-state index is -0.321. The van der Waals surface area contributed by atoms with Gasteiger partial charge >= 0.3 is 0 Å². The number of benzene rings is 2. The Morgan fingerprint density at radius 1 is 1.03 bits per heavy atom. The summed E-state index contributed by atoms with van der Waals surface area (Å²) in [7, 11) is 0. The second kappa shape index (κ2) is 9.28. The van der Waals surface area contributed by atoms with Crippen molar-refractivity contribution in [1.29, 1.82) is 0 Å². The van der Waals surface area contributed by atoms with Gasteiger partial charge in [0.25, 0.3) is 0 Å². The number of nitrogens with one attached hydrogen (secondary N) is 1. The van der Waals surface area contributed by atoms with E-state index in [4.69, 9.17) is 0 Å². The number of anilines is 2. The van der Waals surface area contributed by atoms with E-state index in [-0.39, 0.29) is 11.7 Å². The number of carbonyl (C=O) groups excluding carboxylic acids is 1. The number of amides is 1. The van der Waals surface area contributed by atoms with Crippen molar-refractivity contribution in [3.63, 3.8) is 0 Å². The number of imidazole rings is 1. The molecule has 2 aromatic carbocycles. The van der Waals surface area contributed by atoms with Gasteiger partial charge in [-0.15, -0.1) is 0 Å². The molecule has 1 aliphatic rings. The van der Waals surface area contributed by atoms with E-state index in [0.717, 1.165) is 18.9 Å². The summed E-state index contributed by atoms with van der Waals surface area (Å²) in [6.45, 7) is 3.53. The quantitative estimate of drug-likeness (QED) is 0.491. The number of aromatic nitrogens is 3. The molecule has 1 amide bonds. The lowest BCUT2D eigenvalue weighted by molar-refractivity contribution is -0.131. The van der Waals surface area contributed by atoms with Crippen LogP contribution >= 0.6 is 0 Å². The van der Waals surface area contributed by atoms with Crippen LogP contribution in [0, 0.1) is 5.82 Å². The molecule has 1 fully saturated rings. The van der Waals surface area contributed by atoms with Crippen molar-refractivity contribution in [2.75, 3.05) is 42.9 Å². The first kappa shape index (κ1) is 20.9. The summed E-state index contributed by atoms with van der Waals surface area (Å²) < 4.78 is 15.7. The highest BCUT2D eigenvalue weighted by Gasteiger charge is 2.21. The van der Waals surface area contributed by atoms with Crippen molar-refractivity contribution in [3.05, 3.63) is 79.0 Å². The first-order valence-electron chi connectivity index (χ1n) is 11.1. The van der Waals surface area contributed by atoms with Gasteiger partial charge in [0.1, 0.15) is 17.3 Å². The van der Waals surface area contributed by atoms with Gasteiger partial charge in [0.2, 0.25) is 5.91 Å². The van der Waals surface area contributed by atoms with Crippen molar-refractivity contribution in [2.45, 2.75) is 6.42 Å². The molecule has 4 aromatic rings. The zero-order valence-electron chi connectivity index (χ0n) is 18.2. The molecule has 0 saturated carbocycles. The van der Waals surface area contributed by atoms with Crippen LogP contribution in [0.15, 0.2) is 73.2 Å². The smallest absolute Gasteiger partial charge is 0.224 e. The number of nitrogens with zero attached hydrogens (tertiary/aromatic N) is 5. The van der Waals surface area contributed by atoms with Crippen LogP contribution in [0.4, 0.5) is 15.9 Å². The Kier molecular flexibility index (Phi) is 5.89. The van der Waals surface area contributed by atoms with Crippen LogP contribution in [0.3, 0.4) is 0 Å². The van der Waals surface area contributed by atoms with Gasteiger partial charge in [-0.1, -0.05) is 30.3 Å². The zero-order chi connectivity index (χ0) is 22.6. The Morgan fingerprint density at radius 2 is 1.85 bits per heavy atom. The van der Waals surface area contributed by atoms with Crippen molar-refractivity contribution < 1.29 is 9.18 Å². The summed E-state index contributed by atoms with van der Waals surface area (Å²) >= 11 is 0. The lowest BCUT2D eigenvalue weighted by Gasteiger charge is -2.36. The fraction of sp³-hybridized carbons (Fsp3) is 0.240. The van der Waals surface area contributed by atoms with E-state index in [1.54, 1.807) is 24.7 Å². The van der Waals surface area contributed by atoms with Crippen LogP contribution in [0.2, 0.25) is 0 Å². The summed E-state index contributed by atoms with van der Waals surface area (Å²) in [5.74, 6) is 0.524. The first-order chi connectivity index (χ1) is 16.2. The minimum absolute atomic E-state index is 0.123. The van der Waals surface area contributed by atoms with E-state index in [0.29, 0.717) is 43.0 Å². The average molecular weight is 445 g/mol. The second-order valence-electron chi connectivity index (χ2n) is 8.00. The molecule has 0 radical (unpaired) electrons. The molecule has 0 unspecified atom stereocenters. The third kappa shape index (κ3) is 4.50. The normalized spacial score (nSPS) is 14.0. The SMILES string of the molecule is O=C(CCNc1c(-c2cccc(F)c2)nc2cnccn12)N1CCN(c2ccccc2)CC1. The highest BCUT2D eigenvalue weighted by Crippen LogP contribution is 2.29. The summed E-state index contributed by atoms with van der Waals surface area (Å²) in [5, 5.41) is 3.35. The number of carbonyl (C=O) groups is 1. The average Bonchev–Trinajstić information content (AvgIpc) is 3.23. The number of piperazine rings is 1. The van der Waals surface area contributed by atoms with Gasteiger partial charge in [0.05, 0.1) is 6.20 Å². The molecule has 1 N–H and O–H groups in total. The number of rotatable bonds is 6. The molecule has 168 valence electrons. The number of para-hydroxylation sites is 1. The Morgan fingerprint density at radius 3 is 2.64 bits per heavy atom. The largest absolute Gasteiger partial charge is 0.369 e. The lowest BCUT2D eigenvalue weighted by Crippen LogP contribution is -2.49. The third-order valence-electron chi connectivity index (χ3n) is 5.91. The summed E-state index contributed by atoms with van der Waals surface area (Å²) in [6.07, 6.45) is 5.50. The first-order valence-corrected chi connectivity index (χ1v) is 11.1. The van der Waals surface area contributed by atoms with Crippen molar-refractivity contribution in [1.82, 2.24) is 19.3 Å². The molecular weight excluding hydrogens is 419 g/mol. The summed E-state index contributed by atoms with van der Waals surface area (Å²) in [5.41, 5.74) is 3.15. The molecule has 0 atom stereocenters. The molecular formula is C25H25FN6O. The van der Waals surface area contributed by atoms with Crippen LogP contribution in [-0.2, 0) is 4.79 Å². The highest BCUT2D eigenvalue weighted by atomic mass is 19.1. The predicted molar refractivity (Wildman–Crippen MR) is 127 cm³/mol. The molecule has 8 heteroatoms. The Balaban J connectivity index is 1.23. The third-order valence-corrected chi connectivity index (χ3v) is 5.91. The van der Waals surface area contributed by atoms with Gasteiger partial charge in [-0.05, 0) is 24.3 Å².